The van der Waals surface area contributed by atoms with Gasteiger partial charge in [0.2, 0.25) is 5.82 Å². The van der Waals surface area contributed by atoms with E-state index in [-0.39, 0.29) is 17.1 Å². The lowest BCUT2D eigenvalue weighted by molar-refractivity contribution is 0.431. The molecule has 0 atom stereocenters. The number of nitrogens with two attached hydrogens (primary N) is 1. The van der Waals surface area contributed by atoms with Crippen molar-refractivity contribution in [2.75, 3.05) is 5.73 Å². The van der Waals surface area contributed by atoms with Crippen LogP contribution in [-0.4, -0.2) is 10.1 Å². The molecule has 0 radical (unpaired) electrons. The summed E-state index contributed by atoms with van der Waals surface area (Å²) in [6.45, 7) is 0. The summed E-state index contributed by atoms with van der Waals surface area (Å²) < 4.78 is 31.4. The Morgan fingerprint density at radius 1 is 1.05 bits per heavy atom. The Morgan fingerprint density at radius 3 is 2.43 bits per heavy atom. The number of hydrogen-bond donors (Lipinski definition) is 1. The van der Waals surface area contributed by atoms with Crippen LogP contribution in [0.2, 0.25) is 5.02 Å². The van der Waals surface area contributed by atoms with Gasteiger partial charge >= 0.3 is 0 Å². The standard InChI is InChI=1S/C14H8ClF2N3O/c15-8-3-1-7(2-4-8)13-19-14(21-20-13)9-5-10(16)11(17)6-12(9)18/h1-6H,18H2. The molecule has 0 aliphatic rings. The van der Waals surface area contributed by atoms with Crippen molar-refractivity contribution in [3.05, 3.63) is 53.1 Å². The van der Waals surface area contributed by atoms with Crippen molar-refractivity contribution in [1.29, 1.82) is 0 Å². The first-order valence-electron chi connectivity index (χ1n) is 5.89. The summed E-state index contributed by atoms with van der Waals surface area (Å²) in [7, 11) is 0. The summed E-state index contributed by atoms with van der Waals surface area (Å²) in [5.74, 6) is -1.76. The van der Waals surface area contributed by atoms with Crippen LogP contribution in [-0.2, 0) is 0 Å². The summed E-state index contributed by atoms with van der Waals surface area (Å²) in [6.07, 6.45) is 0. The molecule has 1 heterocycles. The van der Waals surface area contributed by atoms with Crippen LogP contribution in [0.4, 0.5) is 14.5 Å². The molecule has 0 unspecified atom stereocenters. The van der Waals surface area contributed by atoms with Gasteiger partial charge in [-0.15, -0.1) is 0 Å². The molecule has 3 aromatic rings. The predicted molar refractivity (Wildman–Crippen MR) is 74.5 cm³/mol. The third-order valence-electron chi connectivity index (χ3n) is 2.85. The van der Waals surface area contributed by atoms with Gasteiger partial charge in [0.05, 0.1) is 5.56 Å². The highest BCUT2D eigenvalue weighted by atomic mass is 35.5. The Balaban J connectivity index is 2.02. The van der Waals surface area contributed by atoms with Crippen LogP contribution in [0.3, 0.4) is 0 Å². The summed E-state index contributed by atoms with van der Waals surface area (Å²) >= 11 is 5.80. The van der Waals surface area contributed by atoms with Gasteiger partial charge in [-0.1, -0.05) is 16.8 Å². The molecule has 0 spiro atoms. The van der Waals surface area contributed by atoms with E-state index in [1.54, 1.807) is 24.3 Å². The number of anilines is 1. The van der Waals surface area contributed by atoms with E-state index < -0.39 is 11.6 Å². The van der Waals surface area contributed by atoms with E-state index in [4.69, 9.17) is 21.9 Å². The van der Waals surface area contributed by atoms with Crippen molar-refractivity contribution in [1.82, 2.24) is 10.1 Å². The normalized spacial score (nSPS) is 10.8. The van der Waals surface area contributed by atoms with Gasteiger partial charge in [-0.25, -0.2) is 8.78 Å². The molecule has 2 aromatic carbocycles. The zero-order chi connectivity index (χ0) is 15.0. The first kappa shape index (κ1) is 13.5. The maximum atomic E-state index is 13.3. The highest BCUT2D eigenvalue weighted by Crippen LogP contribution is 2.29. The van der Waals surface area contributed by atoms with E-state index in [0.29, 0.717) is 16.4 Å². The summed E-state index contributed by atoms with van der Waals surface area (Å²) in [4.78, 5) is 4.12. The molecule has 0 aliphatic heterocycles. The Kier molecular flexibility index (Phi) is 3.31. The number of nitrogen functional groups attached to an aromatic ring is 1. The highest BCUT2D eigenvalue weighted by Gasteiger charge is 2.16. The van der Waals surface area contributed by atoms with Crippen molar-refractivity contribution in [3.63, 3.8) is 0 Å². The third kappa shape index (κ3) is 2.57. The zero-order valence-electron chi connectivity index (χ0n) is 10.5. The lowest BCUT2D eigenvalue weighted by Gasteiger charge is -2.01. The van der Waals surface area contributed by atoms with E-state index >= 15 is 0 Å². The van der Waals surface area contributed by atoms with E-state index in [9.17, 15) is 8.78 Å². The van der Waals surface area contributed by atoms with Crippen LogP contribution in [0.1, 0.15) is 0 Å². The van der Waals surface area contributed by atoms with Crippen LogP contribution < -0.4 is 5.73 Å². The van der Waals surface area contributed by atoms with Crippen molar-refractivity contribution >= 4 is 17.3 Å². The van der Waals surface area contributed by atoms with E-state index in [1.165, 1.54) is 0 Å². The molecule has 0 fully saturated rings. The quantitative estimate of drug-likeness (QED) is 0.729. The maximum absolute atomic E-state index is 13.3. The van der Waals surface area contributed by atoms with Crippen molar-refractivity contribution < 1.29 is 13.3 Å². The minimum Gasteiger partial charge on any atom is -0.398 e. The minimum atomic E-state index is -1.04. The molecule has 3 rings (SSSR count). The van der Waals surface area contributed by atoms with Gasteiger partial charge in [0, 0.05) is 22.3 Å². The largest absolute Gasteiger partial charge is 0.398 e. The number of benzene rings is 2. The van der Waals surface area contributed by atoms with Crippen LogP contribution in [0.25, 0.3) is 22.8 Å². The van der Waals surface area contributed by atoms with Gasteiger partial charge in [0.15, 0.2) is 11.6 Å². The second kappa shape index (κ2) is 5.14. The summed E-state index contributed by atoms with van der Waals surface area (Å²) in [5, 5.41) is 4.36. The van der Waals surface area contributed by atoms with E-state index in [1.807, 2.05) is 0 Å². The van der Waals surface area contributed by atoms with E-state index in [0.717, 1.165) is 12.1 Å². The molecule has 21 heavy (non-hydrogen) atoms. The Bertz CT molecular complexity index is 802. The average Bonchev–Trinajstić information content (AvgIpc) is 2.93. The monoisotopic (exact) mass is 307 g/mol. The molecule has 106 valence electrons. The minimum absolute atomic E-state index is 0.0105. The SMILES string of the molecule is Nc1cc(F)c(F)cc1-c1nc(-c2ccc(Cl)cc2)no1. The molecule has 2 N–H and O–H groups in total. The Hall–Kier alpha value is -2.47. The lowest BCUT2D eigenvalue weighted by Crippen LogP contribution is -1.94. The second-order valence-electron chi connectivity index (χ2n) is 4.28. The molecule has 1 aromatic heterocycles. The molecule has 4 nitrogen and oxygen atoms in total. The second-order valence-corrected chi connectivity index (χ2v) is 4.72. The molecular formula is C14H8ClF2N3O. The fourth-order valence-corrected chi connectivity index (χ4v) is 1.92. The molecule has 0 saturated carbocycles. The fraction of sp³-hybridized carbons (Fsp3) is 0. The van der Waals surface area contributed by atoms with Gasteiger partial charge in [-0.3, -0.25) is 0 Å². The average molecular weight is 308 g/mol. The predicted octanol–water partition coefficient (Wildman–Crippen LogP) is 3.92. The van der Waals surface area contributed by atoms with Gasteiger partial charge in [0.25, 0.3) is 5.89 Å². The third-order valence-corrected chi connectivity index (χ3v) is 3.10. The van der Waals surface area contributed by atoms with Gasteiger partial charge in [-0.05, 0) is 30.3 Å². The number of halogens is 3. The molecule has 7 heteroatoms. The van der Waals surface area contributed by atoms with Crippen LogP contribution >= 0.6 is 11.6 Å². The maximum Gasteiger partial charge on any atom is 0.260 e. The van der Waals surface area contributed by atoms with E-state index in [2.05, 4.69) is 10.1 Å². The lowest BCUT2D eigenvalue weighted by atomic mass is 10.1. The zero-order valence-corrected chi connectivity index (χ0v) is 11.2. The van der Waals surface area contributed by atoms with Crippen LogP contribution in [0.15, 0.2) is 40.9 Å². The molecule has 0 amide bonds. The smallest absolute Gasteiger partial charge is 0.260 e. The first-order valence-corrected chi connectivity index (χ1v) is 6.27. The summed E-state index contributed by atoms with van der Waals surface area (Å²) in [5.41, 5.74) is 6.47. The van der Waals surface area contributed by atoms with Gasteiger partial charge in [-0.2, -0.15) is 4.98 Å². The van der Waals surface area contributed by atoms with Gasteiger partial charge < -0.3 is 10.3 Å². The topological polar surface area (TPSA) is 64.9 Å². The number of hydrogen-bond acceptors (Lipinski definition) is 4. The molecule has 0 aliphatic carbocycles. The van der Waals surface area contributed by atoms with Crippen LogP contribution in [0, 0.1) is 11.6 Å². The summed E-state index contributed by atoms with van der Waals surface area (Å²) in [6, 6.07) is 8.58. The highest BCUT2D eigenvalue weighted by molar-refractivity contribution is 6.30. The van der Waals surface area contributed by atoms with Gasteiger partial charge in [0.1, 0.15) is 0 Å². The molecular weight excluding hydrogens is 300 g/mol. The van der Waals surface area contributed by atoms with Crippen molar-refractivity contribution in [2.24, 2.45) is 0 Å². The number of nitrogens with zero attached hydrogens (tertiary/aromatic N) is 2. The fourth-order valence-electron chi connectivity index (χ4n) is 1.80. The van der Waals surface area contributed by atoms with Crippen LogP contribution in [0.5, 0.6) is 0 Å². The number of aromatic nitrogens is 2. The Labute approximate surface area is 123 Å². The number of rotatable bonds is 2. The molecule has 0 bridgehead atoms. The first-order chi connectivity index (χ1) is 10.0. The Morgan fingerprint density at radius 2 is 1.71 bits per heavy atom. The molecule has 0 saturated heterocycles. The van der Waals surface area contributed by atoms with Crippen molar-refractivity contribution in [2.45, 2.75) is 0 Å². The van der Waals surface area contributed by atoms with Crippen molar-refractivity contribution in [3.8, 4) is 22.8 Å².